The number of aliphatic hydroxyl groups excluding tert-OH is 2. The van der Waals surface area contributed by atoms with Crippen LogP contribution in [0.2, 0.25) is 0 Å². The Morgan fingerprint density at radius 2 is 1.53 bits per heavy atom. The molecule has 3 N–H and O–H groups in total. The first-order valence-corrected chi connectivity index (χ1v) is 5.99. The minimum absolute atomic E-state index is 0. The van der Waals surface area contributed by atoms with Crippen molar-refractivity contribution in [1.82, 2.24) is 4.90 Å². The monoisotopic (exact) mass is 251 g/mol. The molecule has 8 heteroatoms. The number of aliphatic hydroxyl groups is 2. The van der Waals surface area contributed by atoms with E-state index in [1.54, 1.807) is 4.90 Å². The number of hydrogen-bond donors (Lipinski definition) is 3. The maximum atomic E-state index is 10.4. The summed E-state index contributed by atoms with van der Waals surface area (Å²) in [5.74, 6) is -0.291. The molecule has 0 saturated heterocycles. The average molecular weight is 251 g/mol. The van der Waals surface area contributed by atoms with Crippen molar-refractivity contribution in [2.24, 2.45) is 0 Å². The van der Waals surface area contributed by atoms with Crippen molar-refractivity contribution >= 4 is 10.1 Å². The van der Waals surface area contributed by atoms with E-state index in [0.29, 0.717) is 26.1 Å². The fourth-order valence-electron chi connectivity index (χ4n) is 1.09. The molecule has 0 atom stereocenters. The van der Waals surface area contributed by atoms with E-state index < -0.39 is 10.1 Å². The third-order valence-electron chi connectivity index (χ3n) is 1.71. The van der Waals surface area contributed by atoms with Crippen LogP contribution < -0.4 is 29.6 Å². The molecule has 0 aromatic rings. The SMILES string of the molecule is O=S(=O)(O)CCCN(CCO)CCO.[H-].[Na+]. The molecule has 0 unspecified atom stereocenters. The minimum Gasteiger partial charge on any atom is -1.00 e. The minimum atomic E-state index is -3.90. The van der Waals surface area contributed by atoms with E-state index in [1.807, 2.05) is 0 Å². The topological polar surface area (TPSA) is 98.1 Å². The first-order chi connectivity index (χ1) is 6.49. The molecule has 0 bridgehead atoms. The van der Waals surface area contributed by atoms with Gasteiger partial charge >= 0.3 is 29.6 Å². The van der Waals surface area contributed by atoms with Gasteiger partial charge in [0.15, 0.2) is 0 Å². The fraction of sp³-hybridized carbons (Fsp3) is 1.00. The van der Waals surface area contributed by atoms with Crippen LogP contribution in [0.25, 0.3) is 0 Å². The second-order valence-electron chi connectivity index (χ2n) is 2.93. The zero-order chi connectivity index (χ0) is 11.0. The molecule has 0 saturated carbocycles. The van der Waals surface area contributed by atoms with Gasteiger partial charge in [0.2, 0.25) is 0 Å². The average Bonchev–Trinajstić information content (AvgIpc) is 2.02. The second kappa shape index (κ2) is 9.98. The summed E-state index contributed by atoms with van der Waals surface area (Å²) in [5, 5.41) is 17.3. The smallest absolute Gasteiger partial charge is 1.00 e. The Balaban J connectivity index is -0.000000845. The Hall–Kier alpha value is 0.790. The van der Waals surface area contributed by atoms with Crippen LogP contribution in [0.15, 0.2) is 0 Å². The van der Waals surface area contributed by atoms with Gasteiger partial charge in [-0.2, -0.15) is 8.42 Å². The first-order valence-electron chi connectivity index (χ1n) is 4.39. The van der Waals surface area contributed by atoms with Crippen molar-refractivity contribution in [3.63, 3.8) is 0 Å². The third-order valence-corrected chi connectivity index (χ3v) is 2.51. The summed E-state index contributed by atoms with van der Waals surface area (Å²) < 4.78 is 29.2. The second-order valence-corrected chi connectivity index (χ2v) is 4.50. The third kappa shape index (κ3) is 12.7. The summed E-state index contributed by atoms with van der Waals surface area (Å²) in [4.78, 5) is 1.73. The van der Waals surface area contributed by atoms with Gasteiger partial charge in [-0.15, -0.1) is 0 Å². The molecular formula is C7H18NNaO5S. The first kappa shape index (κ1) is 18.2. The van der Waals surface area contributed by atoms with Crippen molar-refractivity contribution in [3.8, 4) is 0 Å². The Labute approximate surface area is 114 Å². The van der Waals surface area contributed by atoms with Gasteiger partial charge in [-0.05, 0) is 13.0 Å². The molecule has 0 aromatic carbocycles. The zero-order valence-electron chi connectivity index (χ0n) is 9.96. The van der Waals surface area contributed by atoms with Crippen molar-refractivity contribution in [3.05, 3.63) is 0 Å². The molecule has 0 radical (unpaired) electrons. The van der Waals surface area contributed by atoms with Crippen molar-refractivity contribution < 1.29 is 54.2 Å². The number of nitrogens with zero attached hydrogens (tertiary/aromatic N) is 1. The van der Waals surface area contributed by atoms with Crippen LogP contribution >= 0.6 is 0 Å². The van der Waals surface area contributed by atoms with Crippen LogP contribution in [0.1, 0.15) is 7.85 Å². The van der Waals surface area contributed by atoms with Crippen molar-refractivity contribution in [1.29, 1.82) is 0 Å². The standard InChI is InChI=1S/C7H17NO5S.Na.H/c9-5-3-8(4-6-10)2-1-7-14(11,12)13;;/h9-10H,1-7H2,(H,11,12,13);;/q;+1;-1. The molecule has 0 fully saturated rings. The predicted octanol–water partition coefficient (Wildman–Crippen LogP) is -4.33. The molecule has 6 nitrogen and oxygen atoms in total. The van der Waals surface area contributed by atoms with Crippen LogP contribution in [0, 0.1) is 0 Å². The van der Waals surface area contributed by atoms with Gasteiger partial charge in [0.1, 0.15) is 0 Å². The molecule has 0 aliphatic rings. The summed E-state index contributed by atoms with van der Waals surface area (Å²) in [6.07, 6.45) is 0.291. The molecule has 0 spiro atoms. The maximum absolute atomic E-state index is 10.4. The molecule has 0 aromatic heterocycles. The van der Waals surface area contributed by atoms with Crippen LogP contribution in [0.4, 0.5) is 0 Å². The fourth-order valence-corrected chi connectivity index (χ4v) is 1.58. The van der Waals surface area contributed by atoms with E-state index >= 15 is 0 Å². The molecule has 0 rings (SSSR count). The Kier molecular flexibility index (Phi) is 12.1. The van der Waals surface area contributed by atoms with Gasteiger partial charge in [0.25, 0.3) is 10.1 Å². The molecular weight excluding hydrogens is 233 g/mol. The normalized spacial score (nSPS) is 11.5. The van der Waals surface area contributed by atoms with E-state index in [2.05, 4.69) is 0 Å². The molecule has 0 heterocycles. The van der Waals surface area contributed by atoms with Crippen molar-refractivity contribution in [2.45, 2.75) is 6.42 Å². The van der Waals surface area contributed by atoms with Gasteiger partial charge in [0, 0.05) is 13.1 Å². The largest absolute Gasteiger partial charge is 1.00 e. The Morgan fingerprint density at radius 1 is 1.07 bits per heavy atom. The molecule has 0 amide bonds. The summed E-state index contributed by atoms with van der Waals surface area (Å²) >= 11 is 0. The summed E-state index contributed by atoms with van der Waals surface area (Å²) in [6, 6.07) is 0. The van der Waals surface area contributed by atoms with Crippen LogP contribution in [-0.2, 0) is 10.1 Å². The van der Waals surface area contributed by atoms with Crippen LogP contribution in [0.3, 0.4) is 0 Å². The van der Waals surface area contributed by atoms with E-state index in [4.69, 9.17) is 14.8 Å². The Morgan fingerprint density at radius 3 is 1.87 bits per heavy atom. The van der Waals surface area contributed by atoms with Crippen LogP contribution in [0.5, 0.6) is 0 Å². The van der Waals surface area contributed by atoms with Gasteiger partial charge in [-0.25, -0.2) is 0 Å². The van der Waals surface area contributed by atoms with E-state index in [0.717, 1.165) is 0 Å². The molecule has 88 valence electrons. The van der Waals surface area contributed by atoms with Crippen molar-refractivity contribution in [2.75, 3.05) is 38.6 Å². The quantitative estimate of drug-likeness (QED) is 0.298. The van der Waals surface area contributed by atoms with E-state index in [-0.39, 0.29) is 50.0 Å². The van der Waals surface area contributed by atoms with Gasteiger partial charge in [-0.3, -0.25) is 9.45 Å². The molecule has 0 aliphatic carbocycles. The number of rotatable bonds is 8. The van der Waals surface area contributed by atoms with Gasteiger partial charge in [0.05, 0.1) is 19.0 Å². The Bertz CT molecular complexity index is 233. The molecule has 0 aliphatic heterocycles. The summed E-state index contributed by atoms with van der Waals surface area (Å²) in [7, 11) is -3.90. The number of hydrogen-bond acceptors (Lipinski definition) is 5. The maximum Gasteiger partial charge on any atom is 1.00 e. The van der Waals surface area contributed by atoms with Gasteiger partial charge in [-0.1, -0.05) is 0 Å². The van der Waals surface area contributed by atoms with Crippen LogP contribution in [-0.4, -0.2) is 66.7 Å². The molecule has 15 heavy (non-hydrogen) atoms. The zero-order valence-corrected chi connectivity index (χ0v) is 11.8. The van der Waals surface area contributed by atoms with Gasteiger partial charge < -0.3 is 11.6 Å². The van der Waals surface area contributed by atoms with E-state index in [1.165, 1.54) is 0 Å². The summed E-state index contributed by atoms with van der Waals surface area (Å²) in [5.41, 5.74) is 0. The predicted molar refractivity (Wildman–Crippen MR) is 52.8 cm³/mol. The summed E-state index contributed by atoms with van der Waals surface area (Å²) in [6.45, 7) is 1.15. The van der Waals surface area contributed by atoms with E-state index in [9.17, 15) is 8.42 Å².